The fourth-order valence-electron chi connectivity index (χ4n) is 3.94. The molecule has 0 bridgehead atoms. The Balaban J connectivity index is 0.00000182. The first-order valence-electron chi connectivity index (χ1n) is 8.89. The van der Waals surface area contributed by atoms with Crippen molar-refractivity contribution in [3.8, 4) is 0 Å². The molecule has 0 atom stereocenters. The van der Waals surface area contributed by atoms with Crippen LogP contribution in [0, 0.1) is 5.41 Å². The van der Waals surface area contributed by atoms with Gasteiger partial charge in [0.25, 0.3) is 0 Å². The van der Waals surface area contributed by atoms with E-state index in [1.165, 1.54) is 5.56 Å². The number of aliphatic hydroxyl groups excluding tert-OH is 1. The predicted octanol–water partition coefficient (Wildman–Crippen LogP) is 2.92. The molecule has 25 heavy (non-hydrogen) atoms. The molecule has 0 radical (unpaired) electrons. The summed E-state index contributed by atoms with van der Waals surface area (Å²) in [5.74, 6) is 2.05. The van der Waals surface area contributed by atoms with Crippen LogP contribution in [-0.2, 0) is 12.5 Å². The van der Waals surface area contributed by atoms with E-state index < -0.39 is 0 Å². The molecule has 1 aliphatic carbocycles. The first-order valence-corrected chi connectivity index (χ1v) is 8.89. The Morgan fingerprint density at radius 3 is 2.24 bits per heavy atom. The van der Waals surface area contributed by atoms with Crippen LogP contribution in [0.2, 0.25) is 0 Å². The number of aromatic nitrogens is 3. The van der Waals surface area contributed by atoms with Crippen LogP contribution >= 0.6 is 12.4 Å². The number of rotatable bonds is 4. The lowest BCUT2D eigenvalue weighted by atomic mass is 9.81. The van der Waals surface area contributed by atoms with Gasteiger partial charge in [0.05, 0.1) is 5.41 Å². The largest absolute Gasteiger partial charge is 0.396 e. The van der Waals surface area contributed by atoms with Crippen molar-refractivity contribution in [2.75, 3.05) is 24.6 Å². The summed E-state index contributed by atoms with van der Waals surface area (Å²) in [6, 6.07) is 10.7. The van der Waals surface area contributed by atoms with Crippen LogP contribution in [0.25, 0.3) is 0 Å². The highest BCUT2D eigenvalue weighted by Crippen LogP contribution is 2.53. The predicted molar refractivity (Wildman–Crippen MR) is 101 cm³/mol. The van der Waals surface area contributed by atoms with Crippen LogP contribution in [0.5, 0.6) is 0 Å². The van der Waals surface area contributed by atoms with Crippen molar-refractivity contribution >= 4 is 18.4 Å². The normalized spacial score (nSPS) is 20.8. The number of benzene rings is 1. The van der Waals surface area contributed by atoms with E-state index in [1.807, 2.05) is 0 Å². The molecule has 1 saturated heterocycles. The molecule has 5 nitrogen and oxygen atoms in total. The van der Waals surface area contributed by atoms with Crippen LogP contribution in [-0.4, -0.2) is 39.6 Å². The summed E-state index contributed by atoms with van der Waals surface area (Å²) in [4.78, 5) is 2.31. The Hall–Kier alpha value is -1.59. The van der Waals surface area contributed by atoms with Gasteiger partial charge in [0.2, 0.25) is 5.95 Å². The Kier molecular flexibility index (Phi) is 4.82. The topological polar surface area (TPSA) is 54.2 Å². The number of anilines is 1. The number of aliphatic hydroxyl groups is 1. The Bertz CT molecular complexity index is 718. The third-order valence-electron chi connectivity index (χ3n) is 5.99. The van der Waals surface area contributed by atoms with Gasteiger partial charge in [-0.25, -0.2) is 0 Å². The summed E-state index contributed by atoms with van der Waals surface area (Å²) in [6.45, 7) is 4.30. The average molecular weight is 363 g/mol. The molecule has 2 aromatic rings. The second-order valence-corrected chi connectivity index (χ2v) is 7.79. The standard InChI is InChI=1S/C19H26N4O.ClH/c1-18(14-24)10-12-23(13-11-18)17-21-20-16(22(17)2)19(8-9-19)15-6-4-3-5-7-15;/h3-7,24H,8-14H2,1-2H3;1H. The van der Waals surface area contributed by atoms with Gasteiger partial charge >= 0.3 is 0 Å². The third-order valence-corrected chi connectivity index (χ3v) is 5.99. The summed E-state index contributed by atoms with van der Waals surface area (Å²) in [5, 5.41) is 18.7. The SMILES string of the molecule is Cl.Cn1c(N2CCC(C)(CO)CC2)nnc1C1(c2ccccc2)CC1. The molecule has 1 aromatic heterocycles. The lowest BCUT2D eigenvalue weighted by Crippen LogP contribution is -2.41. The second kappa shape index (κ2) is 6.61. The van der Waals surface area contributed by atoms with Gasteiger partial charge < -0.3 is 10.0 Å². The van der Waals surface area contributed by atoms with Gasteiger partial charge in [0.15, 0.2) is 0 Å². The molecule has 2 fully saturated rings. The summed E-state index contributed by atoms with van der Waals surface area (Å²) < 4.78 is 2.18. The molecule has 6 heteroatoms. The lowest BCUT2D eigenvalue weighted by molar-refractivity contribution is 0.114. The van der Waals surface area contributed by atoms with Gasteiger partial charge in [0.1, 0.15) is 5.82 Å². The molecule has 4 rings (SSSR count). The minimum atomic E-state index is 0. The van der Waals surface area contributed by atoms with Crippen LogP contribution in [0.15, 0.2) is 30.3 Å². The van der Waals surface area contributed by atoms with Crippen molar-refractivity contribution in [1.29, 1.82) is 0 Å². The highest BCUT2D eigenvalue weighted by molar-refractivity contribution is 5.85. The maximum absolute atomic E-state index is 9.56. The van der Waals surface area contributed by atoms with E-state index in [2.05, 4.69) is 64.0 Å². The molecule has 0 unspecified atom stereocenters. The van der Waals surface area contributed by atoms with E-state index >= 15 is 0 Å². The first-order chi connectivity index (χ1) is 11.6. The van der Waals surface area contributed by atoms with Gasteiger partial charge in [-0.1, -0.05) is 37.3 Å². The summed E-state index contributed by atoms with van der Waals surface area (Å²) in [7, 11) is 2.09. The number of nitrogens with zero attached hydrogens (tertiary/aromatic N) is 4. The van der Waals surface area contributed by atoms with Crippen molar-refractivity contribution in [1.82, 2.24) is 14.8 Å². The summed E-state index contributed by atoms with van der Waals surface area (Å²) in [6.07, 6.45) is 4.28. The fraction of sp³-hybridized carbons (Fsp3) is 0.579. The molecule has 2 aliphatic rings. The van der Waals surface area contributed by atoms with Crippen molar-refractivity contribution in [3.63, 3.8) is 0 Å². The van der Waals surface area contributed by atoms with E-state index in [-0.39, 0.29) is 29.8 Å². The summed E-state index contributed by atoms with van der Waals surface area (Å²) >= 11 is 0. The lowest BCUT2D eigenvalue weighted by Gasteiger charge is -2.38. The zero-order valence-electron chi connectivity index (χ0n) is 15.0. The maximum Gasteiger partial charge on any atom is 0.226 e. The van der Waals surface area contributed by atoms with Crippen molar-refractivity contribution in [3.05, 3.63) is 41.7 Å². The molecular formula is C19H27ClN4O. The van der Waals surface area contributed by atoms with Gasteiger partial charge in [-0.15, -0.1) is 22.6 Å². The van der Waals surface area contributed by atoms with E-state index in [0.717, 1.165) is 50.5 Å². The van der Waals surface area contributed by atoms with Gasteiger partial charge in [0, 0.05) is 26.7 Å². The zero-order valence-corrected chi connectivity index (χ0v) is 15.8. The first kappa shape index (κ1) is 18.2. The summed E-state index contributed by atoms with van der Waals surface area (Å²) in [5.41, 5.74) is 1.45. The van der Waals surface area contributed by atoms with Gasteiger partial charge in [-0.2, -0.15) is 0 Å². The highest BCUT2D eigenvalue weighted by Gasteiger charge is 2.50. The van der Waals surface area contributed by atoms with E-state index in [9.17, 15) is 5.11 Å². The van der Waals surface area contributed by atoms with Crippen molar-refractivity contribution < 1.29 is 5.11 Å². The molecule has 1 aliphatic heterocycles. The molecule has 1 aromatic carbocycles. The quantitative estimate of drug-likeness (QED) is 0.908. The van der Waals surface area contributed by atoms with Crippen LogP contribution in [0.4, 0.5) is 5.95 Å². The minimum absolute atomic E-state index is 0. The monoisotopic (exact) mass is 362 g/mol. The maximum atomic E-state index is 9.56. The van der Waals surface area contributed by atoms with E-state index in [0.29, 0.717) is 0 Å². The molecule has 0 spiro atoms. The number of hydrogen-bond acceptors (Lipinski definition) is 4. The number of piperidine rings is 1. The van der Waals surface area contributed by atoms with Gasteiger partial charge in [-0.3, -0.25) is 4.57 Å². The Labute approximate surface area is 155 Å². The van der Waals surface area contributed by atoms with Gasteiger partial charge in [-0.05, 0) is 36.7 Å². The average Bonchev–Trinajstić information content (AvgIpc) is 3.34. The number of hydrogen-bond donors (Lipinski definition) is 1. The highest BCUT2D eigenvalue weighted by atomic mass is 35.5. The van der Waals surface area contributed by atoms with Crippen LogP contribution in [0.1, 0.15) is 44.0 Å². The van der Waals surface area contributed by atoms with Crippen molar-refractivity contribution in [2.24, 2.45) is 12.5 Å². The van der Waals surface area contributed by atoms with Crippen molar-refractivity contribution in [2.45, 2.75) is 38.0 Å². The van der Waals surface area contributed by atoms with Crippen LogP contribution < -0.4 is 4.90 Å². The fourth-order valence-corrected chi connectivity index (χ4v) is 3.94. The zero-order chi connectivity index (χ0) is 16.8. The molecule has 2 heterocycles. The molecular weight excluding hydrogens is 336 g/mol. The molecule has 136 valence electrons. The Morgan fingerprint density at radius 1 is 1.04 bits per heavy atom. The third kappa shape index (κ3) is 3.04. The molecule has 1 saturated carbocycles. The molecule has 1 N–H and O–H groups in total. The Morgan fingerprint density at radius 2 is 1.68 bits per heavy atom. The number of halogens is 1. The second-order valence-electron chi connectivity index (χ2n) is 7.79. The van der Waals surface area contributed by atoms with Crippen LogP contribution in [0.3, 0.4) is 0 Å². The molecule has 0 amide bonds. The minimum Gasteiger partial charge on any atom is -0.396 e. The van der Waals surface area contributed by atoms with E-state index in [1.54, 1.807) is 0 Å². The van der Waals surface area contributed by atoms with E-state index in [4.69, 9.17) is 0 Å². The smallest absolute Gasteiger partial charge is 0.226 e.